The van der Waals surface area contributed by atoms with Crippen LogP contribution < -0.4 is 16.0 Å². The highest BCUT2D eigenvalue weighted by molar-refractivity contribution is 5.51. The monoisotopic (exact) mass is 221 g/mol. The lowest BCUT2D eigenvalue weighted by Gasteiger charge is -2.20. The van der Waals surface area contributed by atoms with Gasteiger partial charge in [-0.15, -0.1) is 0 Å². The molecular weight excluding hydrogens is 202 g/mol. The molecule has 0 aromatic carbocycles. The third kappa shape index (κ3) is 1.95. The smallest absolute Gasteiger partial charge is 0.222 e. The first-order chi connectivity index (χ1) is 7.61. The highest BCUT2D eigenvalue weighted by Crippen LogP contribution is 2.24. The molecule has 1 aromatic rings. The first-order valence-electron chi connectivity index (χ1n) is 5.64. The van der Waals surface area contributed by atoms with Crippen molar-refractivity contribution in [3.05, 3.63) is 11.3 Å². The average molecular weight is 221 g/mol. The summed E-state index contributed by atoms with van der Waals surface area (Å²) in [6.07, 6.45) is 1.15. The third-order valence-corrected chi connectivity index (χ3v) is 3.28. The van der Waals surface area contributed by atoms with E-state index >= 15 is 0 Å². The predicted molar refractivity (Wildman–Crippen MR) is 65.6 cm³/mol. The molecule has 0 amide bonds. The van der Waals surface area contributed by atoms with Gasteiger partial charge in [-0.3, -0.25) is 0 Å². The number of anilines is 2. The van der Waals surface area contributed by atoms with Gasteiger partial charge in [-0.1, -0.05) is 0 Å². The fourth-order valence-corrected chi connectivity index (χ4v) is 2.13. The summed E-state index contributed by atoms with van der Waals surface area (Å²) in [6.45, 7) is 6.05. The van der Waals surface area contributed by atoms with Crippen molar-refractivity contribution < 1.29 is 0 Å². The number of aromatic nitrogens is 2. The Morgan fingerprint density at radius 1 is 1.38 bits per heavy atom. The minimum Gasteiger partial charge on any atom is -0.368 e. The highest BCUT2D eigenvalue weighted by Gasteiger charge is 2.24. The molecule has 0 aliphatic carbocycles. The molecular formula is C11H19N5. The molecule has 2 rings (SSSR count). The number of hydrogen-bond donors (Lipinski definition) is 2. The van der Waals surface area contributed by atoms with E-state index in [2.05, 4.69) is 27.1 Å². The van der Waals surface area contributed by atoms with E-state index in [1.54, 1.807) is 0 Å². The van der Waals surface area contributed by atoms with Gasteiger partial charge in [0, 0.05) is 30.4 Å². The lowest BCUT2D eigenvalue weighted by Crippen LogP contribution is -2.30. The van der Waals surface area contributed by atoms with Crippen LogP contribution in [-0.2, 0) is 0 Å². The molecule has 0 unspecified atom stereocenters. The normalized spacial score (nSPS) is 20.4. The van der Waals surface area contributed by atoms with Crippen LogP contribution in [0.3, 0.4) is 0 Å². The Balaban J connectivity index is 2.27. The lowest BCUT2D eigenvalue weighted by atomic mass is 10.2. The zero-order valence-electron chi connectivity index (χ0n) is 10.1. The van der Waals surface area contributed by atoms with Crippen molar-refractivity contribution >= 4 is 11.8 Å². The SMILES string of the molecule is CN[C@@H]1CCN(c2nc(N)nc(C)c2C)C1. The van der Waals surface area contributed by atoms with Crippen LogP contribution in [0.4, 0.5) is 11.8 Å². The van der Waals surface area contributed by atoms with Crippen molar-refractivity contribution in [2.45, 2.75) is 26.3 Å². The van der Waals surface area contributed by atoms with Crippen molar-refractivity contribution in [1.82, 2.24) is 15.3 Å². The van der Waals surface area contributed by atoms with Crippen LogP contribution in [-0.4, -0.2) is 36.1 Å². The Hall–Kier alpha value is -1.36. The fourth-order valence-electron chi connectivity index (χ4n) is 2.13. The quantitative estimate of drug-likeness (QED) is 0.760. The van der Waals surface area contributed by atoms with E-state index in [-0.39, 0.29) is 0 Å². The summed E-state index contributed by atoms with van der Waals surface area (Å²) in [5.41, 5.74) is 7.80. The third-order valence-electron chi connectivity index (χ3n) is 3.28. The van der Waals surface area contributed by atoms with Gasteiger partial charge in [-0.05, 0) is 27.3 Å². The molecule has 3 N–H and O–H groups in total. The Morgan fingerprint density at radius 2 is 2.12 bits per heavy atom. The van der Waals surface area contributed by atoms with E-state index in [9.17, 15) is 0 Å². The highest BCUT2D eigenvalue weighted by atomic mass is 15.2. The van der Waals surface area contributed by atoms with Crippen molar-refractivity contribution in [2.75, 3.05) is 30.8 Å². The van der Waals surface area contributed by atoms with Crippen molar-refractivity contribution in [2.24, 2.45) is 0 Å². The summed E-state index contributed by atoms with van der Waals surface area (Å²) in [4.78, 5) is 10.8. The largest absolute Gasteiger partial charge is 0.368 e. The number of aryl methyl sites for hydroxylation is 1. The molecule has 1 fully saturated rings. The van der Waals surface area contributed by atoms with Crippen LogP contribution in [0.15, 0.2) is 0 Å². The van der Waals surface area contributed by atoms with Gasteiger partial charge in [0.15, 0.2) is 0 Å². The second-order valence-corrected chi connectivity index (χ2v) is 4.34. The second-order valence-electron chi connectivity index (χ2n) is 4.34. The first-order valence-corrected chi connectivity index (χ1v) is 5.64. The van der Waals surface area contributed by atoms with Gasteiger partial charge < -0.3 is 16.0 Å². The molecule has 1 atom stereocenters. The summed E-state index contributed by atoms with van der Waals surface area (Å²) in [6, 6.07) is 0.552. The molecule has 88 valence electrons. The van der Waals surface area contributed by atoms with Crippen LogP contribution in [0.2, 0.25) is 0 Å². The van der Waals surface area contributed by atoms with E-state index < -0.39 is 0 Å². The first kappa shape index (κ1) is 11.1. The summed E-state index contributed by atoms with van der Waals surface area (Å²) in [5, 5.41) is 3.30. The molecule has 1 aromatic heterocycles. The number of nitrogens with two attached hydrogens (primary N) is 1. The molecule has 0 spiro atoms. The minimum absolute atomic E-state index is 0.367. The number of nitrogens with one attached hydrogen (secondary N) is 1. The molecule has 16 heavy (non-hydrogen) atoms. The maximum atomic E-state index is 5.70. The van der Waals surface area contributed by atoms with Gasteiger partial charge in [0.05, 0.1) is 0 Å². The number of nitrogen functional groups attached to an aromatic ring is 1. The van der Waals surface area contributed by atoms with Crippen LogP contribution in [0, 0.1) is 13.8 Å². The van der Waals surface area contributed by atoms with Crippen molar-refractivity contribution in [3.8, 4) is 0 Å². The standard InChI is InChI=1S/C11H19N5/c1-7-8(2)14-11(12)15-10(7)16-5-4-9(6-16)13-3/h9,13H,4-6H2,1-3H3,(H2,12,14,15)/t9-/m1/s1. The zero-order valence-corrected chi connectivity index (χ0v) is 10.1. The van der Waals surface area contributed by atoms with Gasteiger partial charge in [0.25, 0.3) is 0 Å². The molecule has 0 bridgehead atoms. The van der Waals surface area contributed by atoms with Gasteiger partial charge in [-0.25, -0.2) is 4.98 Å². The summed E-state index contributed by atoms with van der Waals surface area (Å²) in [7, 11) is 2.00. The van der Waals surface area contributed by atoms with E-state index in [1.165, 1.54) is 0 Å². The average Bonchev–Trinajstić information content (AvgIpc) is 2.71. The summed E-state index contributed by atoms with van der Waals surface area (Å²) >= 11 is 0. The van der Waals surface area contributed by atoms with Gasteiger partial charge >= 0.3 is 0 Å². The zero-order chi connectivity index (χ0) is 11.7. The molecule has 5 heteroatoms. The van der Waals surface area contributed by atoms with E-state index in [4.69, 9.17) is 5.73 Å². The topological polar surface area (TPSA) is 67.1 Å². The second kappa shape index (κ2) is 4.25. The van der Waals surface area contributed by atoms with Gasteiger partial charge in [-0.2, -0.15) is 4.98 Å². The summed E-state index contributed by atoms with van der Waals surface area (Å²) in [5.74, 6) is 1.36. The van der Waals surface area contributed by atoms with Gasteiger partial charge in [0.2, 0.25) is 5.95 Å². The molecule has 0 saturated carbocycles. The van der Waals surface area contributed by atoms with E-state index in [0.29, 0.717) is 12.0 Å². The number of hydrogen-bond acceptors (Lipinski definition) is 5. The minimum atomic E-state index is 0.367. The van der Waals surface area contributed by atoms with E-state index in [1.807, 2.05) is 14.0 Å². The Kier molecular flexibility index (Phi) is 2.96. The van der Waals surface area contributed by atoms with Crippen LogP contribution >= 0.6 is 0 Å². The van der Waals surface area contributed by atoms with Gasteiger partial charge in [0.1, 0.15) is 5.82 Å². The Labute approximate surface area is 96.1 Å². The number of nitrogens with zero attached hydrogens (tertiary/aromatic N) is 3. The molecule has 1 saturated heterocycles. The molecule has 0 radical (unpaired) electrons. The molecule has 5 nitrogen and oxygen atoms in total. The Morgan fingerprint density at radius 3 is 2.75 bits per heavy atom. The van der Waals surface area contributed by atoms with Crippen molar-refractivity contribution in [1.29, 1.82) is 0 Å². The van der Waals surface area contributed by atoms with E-state index in [0.717, 1.165) is 36.6 Å². The summed E-state index contributed by atoms with van der Waals surface area (Å²) < 4.78 is 0. The van der Waals surface area contributed by atoms with Crippen LogP contribution in [0.25, 0.3) is 0 Å². The predicted octanol–water partition coefficient (Wildman–Crippen LogP) is 0.474. The van der Waals surface area contributed by atoms with Crippen LogP contribution in [0.5, 0.6) is 0 Å². The number of likely N-dealkylation sites (N-methyl/N-ethyl adjacent to an activating group) is 1. The molecule has 2 heterocycles. The lowest BCUT2D eigenvalue weighted by molar-refractivity contribution is 0.616. The maximum absolute atomic E-state index is 5.70. The molecule has 1 aliphatic heterocycles. The Bertz CT molecular complexity index is 390. The maximum Gasteiger partial charge on any atom is 0.222 e. The molecule has 1 aliphatic rings. The number of rotatable bonds is 2. The van der Waals surface area contributed by atoms with Crippen LogP contribution in [0.1, 0.15) is 17.7 Å². The van der Waals surface area contributed by atoms with Crippen molar-refractivity contribution in [3.63, 3.8) is 0 Å². The fraction of sp³-hybridized carbons (Fsp3) is 0.636.